The van der Waals surface area contributed by atoms with Crippen LogP contribution in [0.15, 0.2) is 36.4 Å². The van der Waals surface area contributed by atoms with Gasteiger partial charge in [-0.05, 0) is 30.3 Å². The second kappa shape index (κ2) is 6.03. The Bertz CT molecular complexity index is 569. The standard InChI is InChI=1S/C13H9Cl4N/c14-8-2-1-3-9(6-8)18-7-10-11(15)4-5-12(16)13(10)17/h1-6,18H,7H2. The lowest BCUT2D eigenvalue weighted by atomic mass is 10.2. The third-order valence-corrected chi connectivity index (χ3v) is 3.87. The van der Waals surface area contributed by atoms with Crippen LogP contribution in [0.5, 0.6) is 0 Å². The Balaban J connectivity index is 2.18. The van der Waals surface area contributed by atoms with Crippen LogP contribution in [0.4, 0.5) is 5.69 Å². The molecule has 0 aromatic heterocycles. The van der Waals surface area contributed by atoms with E-state index >= 15 is 0 Å². The lowest BCUT2D eigenvalue weighted by Gasteiger charge is -2.11. The van der Waals surface area contributed by atoms with Crippen LogP contribution in [0, 0.1) is 0 Å². The minimum atomic E-state index is 0.471. The molecule has 1 N–H and O–H groups in total. The fourth-order valence-electron chi connectivity index (χ4n) is 1.52. The minimum absolute atomic E-state index is 0.471. The van der Waals surface area contributed by atoms with Crippen LogP contribution in [-0.4, -0.2) is 0 Å². The number of rotatable bonds is 3. The zero-order chi connectivity index (χ0) is 13.1. The van der Waals surface area contributed by atoms with Gasteiger partial charge in [-0.3, -0.25) is 0 Å². The molecule has 94 valence electrons. The molecule has 0 aliphatic heterocycles. The molecule has 0 amide bonds. The Morgan fingerprint density at radius 2 is 1.61 bits per heavy atom. The van der Waals surface area contributed by atoms with Gasteiger partial charge in [-0.15, -0.1) is 0 Å². The third-order valence-electron chi connectivity index (χ3n) is 2.43. The Morgan fingerprint density at radius 1 is 0.889 bits per heavy atom. The molecular formula is C13H9Cl4N. The number of benzene rings is 2. The summed E-state index contributed by atoms with van der Waals surface area (Å²) in [6.45, 7) is 0.485. The van der Waals surface area contributed by atoms with Crippen molar-refractivity contribution in [3.05, 3.63) is 62.1 Å². The lowest BCUT2D eigenvalue weighted by Crippen LogP contribution is -2.01. The maximum Gasteiger partial charge on any atom is 0.0657 e. The summed E-state index contributed by atoms with van der Waals surface area (Å²) in [6, 6.07) is 10.8. The fraction of sp³-hybridized carbons (Fsp3) is 0.0769. The quantitative estimate of drug-likeness (QED) is 0.693. The summed E-state index contributed by atoms with van der Waals surface area (Å²) in [5, 5.41) is 5.41. The first-order chi connectivity index (χ1) is 8.58. The molecule has 0 bridgehead atoms. The van der Waals surface area contributed by atoms with Gasteiger partial charge in [0.1, 0.15) is 0 Å². The van der Waals surface area contributed by atoms with Crippen LogP contribution in [0.2, 0.25) is 20.1 Å². The smallest absolute Gasteiger partial charge is 0.0657 e. The molecule has 1 nitrogen and oxygen atoms in total. The predicted molar refractivity (Wildman–Crippen MR) is 80.3 cm³/mol. The van der Waals surface area contributed by atoms with Crippen LogP contribution in [0.3, 0.4) is 0 Å². The van der Waals surface area contributed by atoms with Gasteiger partial charge in [-0.25, -0.2) is 0 Å². The highest BCUT2D eigenvalue weighted by Gasteiger charge is 2.09. The van der Waals surface area contributed by atoms with Crippen molar-refractivity contribution in [1.82, 2.24) is 0 Å². The maximum absolute atomic E-state index is 6.11. The lowest BCUT2D eigenvalue weighted by molar-refractivity contribution is 1.15. The predicted octanol–water partition coefficient (Wildman–Crippen LogP) is 5.91. The molecule has 0 heterocycles. The molecule has 0 aliphatic carbocycles. The van der Waals surface area contributed by atoms with Gasteiger partial charge >= 0.3 is 0 Å². The Kier molecular flexibility index (Phi) is 4.63. The summed E-state index contributed by atoms with van der Waals surface area (Å²) < 4.78 is 0. The summed E-state index contributed by atoms with van der Waals surface area (Å²) in [7, 11) is 0. The number of hydrogen-bond acceptors (Lipinski definition) is 1. The number of halogens is 4. The highest BCUT2D eigenvalue weighted by atomic mass is 35.5. The molecule has 0 aliphatic rings. The first-order valence-corrected chi connectivity index (χ1v) is 6.71. The van der Waals surface area contributed by atoms with Crippen molar-refractivity contribution in [3.63, 3.8) is 0 Å². The van der Waals surface area contributed by atoms with Crippen molar-refractivity contribution in [3.8, 4) is 0 Å². The summed E-state index contributed by atoms with van der Waals surface area (Å²) in [6.07, 6.45) is 0. The molecule has 2 aromatic rings. The van der Waals surface area contributed by atoms with Gasteiger partial charge in [0, 0.05) is 27.8 Å². The Labute approximate surface area is 126 Å². The SMILES string of the molecule is Clc1cccc(NCc2c(Cl)ccc(Cl)c2Cl)c1. The Morgan fingerprint density at radius 3 is 2.33 bits per heavy atom. The average Bonchev–Trinajstić information content (AvgIpc) is 2.34. The average molecular weight is 321 g/mol. The van der Waals surface area contributed by atoms with E-state index in [0.717, 1.165) is 11.3 Å². The fourth-order valence-corrected chi connectivity index (χ4v) is 2.39. The zero-order valence-electron chi connectivity index (χ0n) is 9.18. The molecular weight excluding hydrogens is 312 g/mol. The van der Waals surface area contributed by atoms with E-state index in [-0.39, 0.29) is 0 Å². The molecule has 0 saturated heterocycles. The van der Waals surface area contributed by atoms with Gasteiger partial charge in [-0.2, -0.15) is 0 Å². The summed E-state index contributed by atoms with van der Waals surface area (Å²) in [4.78, 5) is 0. The molecule has 2 aromatic carbocycles. The molecule has 18 heavy (non-hydrogen) atoms. The highest BCUT2D eigenvalue weighted by Crippen LogP contribution is 2.32. The van der Waals surface area contributed by atoms with Crippen LogP contribution < -0.4 is 5.32 Å². The molecule has 2 rings (SSSR count). The zero-order valence-corrected chi connectivity index (χ0v) is 12.2. The monoisotopic (exact) mass is 319 g/mol. The van der Waals surface area contributed by atoms with E-state index in [2.05, 4.69) is 5.32 Å². The van der Waals surface area contributed by atoms with Gasteiger partial charge in [0.25, 0.3) is 0 Å². The van der Waals surface area contributed by atoms with Crippen molar-refractivity contribution in [2.75, 3.05) is 5.32 Å². The normalized spacial score (nSPS) is 10.4. The van der Waals surface area contributed by atoms with E-state index in [1.165, 1.54) is 0 Å². The van der Waals surface area contributed by atoms with E-state index in [0.29, 0.717) is 26.6 Å². The Hall–Kier alpha value is -0.600. The van der Waals surface area contributed by atoms with Crippen molar-refractivity contribution >= 4 is 52.1 Å². The summed E-state index contributed by atoms with van der Waals surface area (Å²) >= 11 is 24.1. The van der Waals surface area contributed by atoms with Gasteiger partial charge in [0.15, 0.2) is 0 Å². The number of hydrogen-bond donors (Lipinski definition) is 1. The molecule has 0 unspecified atom stereocenters. The van der Waals surface area contributed by atoms with Crippen LogP contribution >= 0.6 is 46.4 Å². The van der Waals surface area contributed by atoms with Gasteiger partial charge < -0.3 is 5.32 Å². The van der Waals surface area contributed by atoms with Crippen LogP contribution in [-0.2, 0) is 6.54 Å². The molecule has 5 heteroatoms. The van der Waals surface area contributed by atoms with Crippen molar-refractivity contribution < 1.29 is 0 Å². The van der Waals surface area contributed by atoms with Crippen LogP contribution in [0.25, 0.3) is 0 Å². The molecule has 0 fully saturated rings. The van der Waals surface area contributed by atoms with E-state index < -0.39 is 0 Å². The first-order valence-electron chi connectivity index (χ1n) is 5.20. The molecule has 0 saturated carbocycles. The van der Waals surface area contributed by atoms with Crippen molar-refractivity contribution in [2.45, 2.75) is 6.54 Å². The minimum Gasteiger partial charge on any atom is -0.381 e. The van der Waals surface area contributed by atoms with Gasteiger partial charge in [-0.1, -0.05) is 52.5 Å². The van der Waals surface area contributed by atoms with E-state index in [9.17, 15) is 0 Å². The summed E-state index contributed by atoms with van der Waals surface area (Å²) in [5.41, 5.74) is 1.67. The van der Waals surface area contributed by atoms with Crippen molar-refractivity contribution in [1.29, 1.82) is 0 Å². The van der Waals surface area contributed by atoms with Crippen molar-refractivity contribution in [2.24, 2.45) is 0 Å². The molecule has 0 radical (unpaired) electrons. The first kappa shape index (κ1) is 13.8. The third kappa shape index (κ3) is 3.24. The van der Waals surface area contributed by atoms with Crippen LogP contribution in [0.1, 0.15) is 5.56 Å². The molecule has 0 atom stereocenters. The largest absolute Gasteiger partial charge is 0.381 e. The second-order valence-electron chi connectivity index (χ2n) is 3.69. The summed E-state index contributed by atoms with van der Waals surface area (Å²) in [5.74, 6) is 0. The van der Waals surface area contributed by atoms with E-state index in [1.807, 2.05) is 24.3 Å². The van der Waals surface area contributed by atoms with E-state index in [1.54, 1.807) is 12.1 Å². The molecule has 0 spiro atoms. The van der Waals surface area contributed by atoms with Gasteiger partial charge in [0.05, 0.1) is 10.0 Å². The highest BCUT2D eigenvalue weighted by molar-refractivity contribution is 6.44. The van der Waals surface area contributed by atoms with E-state index in [4.69, 9.17) is 46.4 Å². The van der Waals surface area contributed by atoms with Gasteiger partial charge in [0.2, 0.25) is 0 Å². The number of anilines is 1. The number of nitrogens with one attached hydrogen (secondary N) is 1. The topological polar surface area (TPSA) is 12.0 Å². The second-order valence-corrected chi connectivity index (χ2v) is 5.31. The maximum atomic E-state index is 6.11.